The van der Waals surface area contributed by atoms with Gasteiger partial charge < -0.3 is 10.6 Å². The van der Waals surface area contributed by atoms with Crippen LogP contribution in [0.2, 0.25) is 5.15 Å². The fourth-order valence-corrected chi connectivity index (χ4v) is 1.14. The van der Waals surface area contributed by atoms with Crippen molar-refractivity contribution in [1.29, 1.82) is 0 Å². The summed E-state index contributed by atoms with van der Waals surface area (Å²) in [6.07, 6.45) is 1.57. The summed E-state index contributed by atoms with van der Waals surface area (Å²) >= 11 is 5.78. The van der Waals surface area contributed by atoms with E-state index in [9.17, 15) is 4.79 Å². The van der Waals surface area contributed by atoms with Crippen LogP contribution in [0, 0.1) is 0 Å². The van der Waals surface area contributed by atoms with Gasteiger partial charge in [0.25, 0.3) is 0 Å². The van der Waals surface area contributed by atoms with Crippen molar-refractivity contribution in [3.63, 3.8) is 0 Å². The van der Waals surface area contributed by atoms with Gasteiger partial charge in [0.15, 0.2) is 5.15 Å². The predicted molar refractivity (Wildman–Crippen MR) is 61.0 cm³/mol. The van der Waals surface area contributed by atoms with E-state index in [0.717, 1.165) is 0 Å². The third kappa shape index (κ3) is 4.27. The summed E-state index contributed by atoms with van der Waals surface area (Å²) in [5, 5.41) is 5.98. The van der Waals surface area contributed by atoms with E-state index in [-0.39, 0.29) is 18.5 Å². The quantitative estimate of drug-likeness (QED) is 0.770. The van der Waals surface area contributed by atoms with Crippen LogP contribution in [-0.2, 0) is 4.79 Å². The summed E-state index contributed by atoms with van der Waals surface area (Å²) in [5.74, 6) is -0.126. The molecule has 1 rings (SSSR count). The normalized spacial score (nSPS) is 10.4. The van der Waals surface area contributed by atoms with E-state index in [1.165, 1.54) is 0 Å². The lowest BCUT2D eigenvalue weighted by Crippen LogP contribution is -2.32. The van der Waals surface area contributed by atoms with Gasteiger partial charge in [-0.25, -0.2) is 4.98 Å². The lowest BCUT2D eigenvalue weighted by atomic mass is 10.3. The summed E-state index contributed by atoms with van der Waals surface area (Å²) < 4.78 is 0. The maximum atomic E-state index is 11.4. The van der Waals surface area contributed by atoms with Crippen molar-refractivity contribution in [2.24, 2.45) is 0 Å². The van der Waals surface area contributed by atoms with Gasteiger partial charge in [-0.2, -0.15) is 0 Å². The standard InChI is InChI=1S/C10H14ClN3O/c1-7(2)13-6-9(15)14-8-4-3-5-12-10(8)11/h3-5,7,13H,6H2,1-2H3,(H,14,15). The van der Waals surface area contributed by atoms with Gasteiger partial charge in [-0.05, 0) is 12.1 Å². The fourth-order valence-electron chi connectivity index (χ4n) is 0.970. The van der Waals surface area contributed by atoms with Crippen molar-refractivity contribution < 1.29 is 4.79 Å². The number of pyridine rings is 1. The van der Waals surface area contributed by atoms with Crippen LogP contribution in [0.4, 0.5) is 5.69 Å². The largest absolute Gasteiger partial charge is 0.322 e. The minimum absolute atomic E-state index is 0.126. The molecule has 82 valence electrons. The summed E-state index contributed by atoms with van der Waals surface area (Å²) in [6, 6.07) is 3.71. The molecule has 4 nitrogen and oxygen atoms in total. The second-order valence-electron chi connectivity index (χ2n) is 3.43. The summed E-state index contributed by atoms with van der Waals surface area (Å²) in [7, 11) is 0. The van der Waals surface area contributed by atoms with Gasteiger partial charge >= 0.3 is 0 Å². The number of hydrogen-bond donors (Lipinski definition) is 2. The fraction of sp³-hybridized carbons (Fsp3) is 0.400. The first kappa shape index (κ1) is 11.9. The van der Waals surface area contributed by atoms with E-state index in [2.05, 4.69) is 15.6 Å². The average Bonchev–Trinajstić information content (AvgIpc) is 2.18. The molecule has 5 heteroatoms. The summed E-state index contributed by atoms with van der Waals surface area (Å²) in [4.78, 5) is 15.3. The Morgan fingerprint density at radius 1 is 1.60 bits per heavy atom. The summed E-state index contributed by atoms with van der Waals surface area (Å²) in [5.41, 5.74) is 0.537. The molecule has 0 saturated heterocycles. The molecule has 0 bridgehead atoms. The highest BCUT2D eigenvalue weighted by Crippen LogP contribution is 2.16. The Kier molecular flexibility index (Phi) is 4.52. The van der Waals surface area contributed by atoms with Gasteiger partial charge in [-0.1, -0.05) is 25.4 Å². The second kappa shape index (κ2) is 5.68. The average molecular weight is 228 g/mol. The van der Waals surface area contributed by atoms with Crippen LogP contribution in [0.15, 0.2) is 18.3 Å². The first-order valence-electron chi connectivity index (χ1n) is 4.73. The molecule has 1 heterocycles. The number of halogens is 1. The molecule has 0 aliphatic rings. The SMILES string of the molecule is CC(C)NCC(=O)Nc1cccnc1Cl. The molecule has 0 unspecified atom stereocenters. The van der Waals surface area contributed by atoms with Crippen LogP contribution in [0.25, 0.3) is 0 Å². The zero-order chi connectivity index (χ0) is 11.3. The zero-order valence-corrected chi connectivity index (χ0v) is 9.51. The molecule has 0 aliphatic carbocycles. The molecule has 2 N–H and O–H groups in total. The van der Waals surface area contributed by atoms with Crippen LogP contribution in [-0.4, -0.2) is 23.5 Å². The van der Waals surface area contributed by atoms with Crippen LogP contribution >= 0.6 is 11.6 Å². The number of anilines is 1. The first-order valence-corrected chi connectivity index (χ1v) is 5.11. The maximum absolute atomic E-state index is 11.4. The number of carbonyl (C=O) groups is 1. The molecule has 0 saturated carbocycles. The van der Waals surface area contributed by atoms with Gasteiger partial charge in [0.2, 0.25) is 5.91 Å². The van der Waals surface area contributed by atoms with Crippen LogP contribution < -0.4 is 10.6 Å². The predicted octanol–water partition coefficient (Wildman–Crippen LogP) is 1.67. The van der Waals surface area contributed by atoms with E-state index in [0.29, 0.717) is 10.8 Å². The Labute approximate surface area is 94.0 Å². The lowest BCUT2D eigenvalue weighted by molar-refractivity contribution is -0.115. The van der Waals surface area contributed by atoms with E-state index in [1.54, 1.807) is 18.3 Å². The smallest absolute Gasteiger partial charge is 0.238 e. The third-order valence-corrected chi connectivity index (χ3v) is 2.01. The van der Waals surface area contributed by atoms with E-state index in [4.69, 9.17) is 11.6 Å². The molecule has 0 aliphatic heterocycles. The lowest BCUT2D eigenvalue weighted by Gasteiger charge is -2.09. The van der Waals surface area contributed by atoms with Crippen molar-refractivity contribution in [2.45, 2.75) is 19.9 Å². The Balaban J connectivity index is 2.48. The number of rotatable bonds is 4. The van der Waals surface area contributed by atoms with Gasteiger partial charge in [0.1, 0.15) is 0 Å². The Hall–Kier alpha value is -1.13. The minimum Gasteiger partial charge on any atom is -0.322 e. The Bertz CT molecular complexity index is 341. The Morgan fingerprint density at radius 3 is 2.93 bits per heavy atom. The molecule has 0 aromatic carbocycles. The van der Waals surface area contributed by atoms with Gasteiger partial charge in [-0.3, -0.25) is 4.79 Å². The molecular weight excluding hydrogens is 214 g/mol. The highest BCUT2D eigenvalue weighted by Gasteiger charge is 2.05. The van der Waals surface area contributed by atoms with E-state index < -0.39 is 0 Å². The highest BCUT2D eigenvalue weighted by molar-refractivity contribution is 6.32. The van der Waals surface area contributed by atoms with Crippen molar-refractivity contribution >= 4 is 23.2 Å². The van der Waals surface area contributed by atoms with Crippen molar-refractivity contribution in [2.75, 3.05) is 11.9 Å². The number of nitrogens with one attached hydrogen (secondary N) is 2. The summed E-state index contributed by atoms with van der Waals surface area (Å²) in [6.45, 7) is 4.22. The van der Waals surface area contributed by atoms with Gasteiger partial charge in [0, 0.05) is 12.2 Å². The van der Waals surface area contributed by atoms with Gasteiger partial charge in [0.05, 0.1) is 12.2 Å². The van der Waals surface area contributed by atoms with Crippen molar-refractivity contribution in [3.05, 3.63) is 23.5 Å². The topological polar surface area (TPSA) is 54.0 Å². The number of aromatic nitrogens is 1. The van der Waals surface area contributed by atoms with Crippen molar-refractivity contribution in [3.8, 4) is 0 Å². The molecule has 1 aromatic heterocycles. The van der Waals surface area contributed by atoms with E-state index in [1.807, 2.05) is 13.8 Å². The van der Waals surface area contributed by atoms with Crippen LogP contribution in [0.3, 0.4) is 0 Å². The number of amides is 1. The van der Waals surface area contributed by atoms with Crippen molar-refractivity contribution in [1.82, 2.24) is 10.3 Å². The molecule has 15 heavy (non-hydrogen) atoms. The molecule has 0 atom stereocenters. The second-order valence-corrected chi connectivity index (χ2v) is 3.78. The first-order chi connectivity index (χ1) is 7.09. The Morgan fingerprint density at radius 2 is 2.33 bits per heavy atom. The maximum Gasteiger partial charge on any atom is 0.238 e. The number of nitrogens with zero attached hydrogens (tertiary/aromatic N) is 1. The minimum atomic E-state index is -0.126. The molecule has 0 fully saturated rings. The number of carbonyl (C=O) groups excluding carboxylic acids is 1. The molecule has 1 aromatic rings. The van der Waals surface area contributed by atoms with Crippen LogP contribution in [0.1, 0.15) is 13.8 Å². The molecule has 1 amide bonds. The van der Waals surface area contributed by atoms with E-state index >= 15 is 0 Å². The highest BCUT2D eigenvalue weighted by atomic mass is 35.5. The molecular formula is C10H14ClN3O. The number of hydrogen-bond acceptors (Lipinski definition) is 3. The molecule has 0 spiro atoms. The van der Waals surface area contributed by atoms with Gasteiger partial charge in [-0.15, -0.1) is 0 Å². The molecule has 0 radical (unpaired) electrons. The van der Waals surface area contributed by atoms with Crippen LogP contribution in [0.5, 0.6) is 0 Å². The third-order valence-electron chi connectivity index (χ3n) is 1.70. The zero-order valence-electron chi connectivity index (χ0n) is 8.75. The monoisotopic (exact) mass is 227 g/mol.